The number of rotatable bonds is 5. The summed E-state index contributed by atoms with van der Waals surface area (Å²) in [5.41, 5.74) is 5.87. The number of nitrogens with zero attached hydrogens (tertiary/aromatic N) is 3. The highest BCUT2D eigenvalue weighted by Gasteiger charge is 2.23. The van der Waals surface area contributed by atoms with Gasteiger partial charge in [0.1, 0.15) is 16.6 Å². The van der Waals surface area contributed by atoms with Crippen molar-refractivity contribution in [2.75, 3.05) is 36.5 Å². The van der Waals surface area contributed by atoms with Crippen LogP contribution in [0, 0.1) is 0 Å². The smallest absolute Gasteiger partial charge is 0.250 e. The van der Waals surface area contributed by atoms with Crippen LogP contribution in [0.25, 0.3) is 11.4 Å². The zero-order chi connectivity index (χ0) is 24.5. The average Bonchev–Trinajstić information content (AvgIpc) is 2.90. The first-order chi connectivity index (χ1) is 17.6. The van der Waals surface area contributed by atoms with Crippen LogP contribution in [-0.2, 0) is 17.7 Å². The number of halogens is 1. The molecule has 0 saturated carbocycles. The lowest BCUT2D eigenvalue weighted by molar-refractivity contribution is 0.122. The number of hydrogen-bond donors (Lipinski definition) is 2. The number of ether oxygens (including phenoxy) is 2. The molecule has 9 heteroatoms. The van der Waals surface area contributed by atoms with Gasteiger partial charge in [0.25, 0.3) is 5.56 Å². The third-order valence-corrected chi connectivity index (χ3v) is 6.56. The lowest BCUT2D eigenvalue weighted by Crippen LogP contribution is -2.36. The Morgan fingerprint density at radius 2 is 1.94 bits per heavy atom. The molecule has 0 radical (unpaired) electrons. The summed E-state index contributed by atoms with van der Waals surface area (Å²) in [6, 6.07) is 17.1. The fraction of sp³-hybridized carbons (Fsp3) is 0.222. The van der Waals surface area contributed by atoms with Crippen molar-refractivity contribution in [3.05, 3.63) is 93.1 Å². The number of morpholine rings is 1. The van der Waals surface area contributed by atoms with E-state index in [0.717, 1.165) is 47.0 Å². The Morgan fingerprint density at radius 1 is 1.06 bits per heavy atom. The molecule has 5 heterocycles. The molecular formula is C27H24ClN5O3. The van der Waals surface area contributed by atoms with E-state index in [1.807, 2.05) is 36.4 Å². The number of H-pyrrole nitrogens is 1. The molecule has 2 N–H and O–H groups in total. The van der Waals surface area contributed by atoms with Crippen molar-refractivity contribution in [2.24, 2.45) is 0 Å². The molecule has 36 heavy (non-hydrogen) atoms. The van der Waals surface area contributed by atoms with Gasteiger partial charge in [-0.2, -0.15) is 0 Å². The lowest BCUT2D eigenvalue weighted by atomic mass is 9.99. The van der Waals surface area contributed by atoms with E-state index in [0.29, 0.717) is 48.5 Å². The number of benzene rings is 1. The Labute approximate surface area is 212 Å². The van der Waals surface area contributed by atoms with Crippen molar-refractivity contribution >= 4 is 23.0 Å². The van der Waals surface area contributed by atoms with Crippen molar-refractivity contribution in [2.45, 2.75) is 13.0 Å². The Kier molecular flexibility index (Phi) is 6.04. The summed E-state index contributed by atoms with van der Waals surface area (Å²) < 4.78 is 11.8. The second-order valence-electron chi connectivity index (χ2n) is 8.77. The van der Waals surface area contributed by atoms with Gasteiger partial charge in [-0.3, -0.25) is 9.78 Å². The van der Waals surface area contributed by atoms with Crippen LogP contribution in [0.1, 0.15) is 16.8 Å². The summed E-state index contributed by atoms with van der Waals surface area (Å²) in [5, 5.41) is 3.88. The van der Waals surface area contributed by atoms with Crippen LogP contribution in [0.3, 0.4) is 0 Å². The van der Waals surface area contributed by atoms with E-state index in [4.69, 9.17) is 21.1 Å². The second-order valence-corrected chi connectivity index (χ2v) is 9.16. The van der Waals surface area contributed by atoms with Crippen molar-refractivity contribution in [1.82, 2.24) is 15.0 Å². The van der Waals surface area contributed by atoms with Crippen molar-refractivity contribution in [1.29, 1.82) is 0 Å². The number of aromatic amines is 1. The highest BCUT2D eigenvalue weighted by atomic mass is 35.5. The quantitative estimate of drug-likeness (QED) is 0.339. The minimum absolute atomic E-state index is 0.172. The van der Waals surface area contributed by atoms with Crippen molar-refractivity contribution < 1.29 is 9.47 Å². The Morgan fingerprint density at radius 3 is 2.81 bits per heavy atom. The largest absolute Gasteiger partial charge is 0.454 e. The molecule has 1 fully saturated rings. The maximum Gasteiger partial charge on any atom is 0.250 e. The van der Waals surface area contributed by atoms with Crippen LogP contribution in [0.15, 0.2) is 65.6 Å². The summed E-state index contributed by atoms with van der Waals surface area (Å²) >= 11 is 6.00. The van der Waals surface area contributed by atoms with Gasteiger partial charge in [-0.1, -0.05) is 17.7 Å². The first-order valence-corrected chi connectivity index (χ1v) is 12.2. The first kappa shape index (κ1) is 22.6. The van der Waals surface area contributed by atoms with Crippen molar-refractivity contribution in [3.8, 4) is 22.9 Å². The van der Waals surface area contributed by atoms with Gasteiger partial charge in [0.05, 0.1) is 31.1 Å². The van der Waals surface area contributed by atoms with Crippen LogP contribution in [0.2, 0.25) is 5.15 Å². The third-order valence-electron chi connectivity index (χ3n) is 6.35. The topological polar surface area (TPSA) is 92.4 Å². The van der Waals surface area contributed by atoms with Crippen LogP contribution in [0.5, 0.6) is 11.5 Å². The molecule has 0 aliphatic carbocycles. The summed E-state index contributed by atoms with van der Waals surface area (Å²) in [7, 11) is 0. The van der Waals surface area contributed by atoms with E-state index in [2.05, 4.69) is 31.2 Å². The van der Waals surface area contributed by atoms with Gasteiger partial charge in [-0.25, -0.2) is 4.98 Å². The van der Waals surface area contributed by atoms with Gasteiger partial charge in [0.15, 0.2) is 5.75 Å². The zero-order valence-electron chi connectivity index (χ0n) is 19.5. The standard InChI is InChI=1S/C27H24ClN5O3/c28-24-3-1-2-20(31-24)16-30-19-4-5-23-18(13-19)12-17-6-7-29-26(27(17)36-23)22-14-21(15-25(34)32-22)33-8-10-35-11-9-33/h1-7,13-15,30H,8-12,16H2,(H,32,34). The molecular weight excluding hydrogens is 478 g/mol. The highest BCUT2D eigenvalue weighted by molar-refractivity contribution is 6.29. The number of aromatic nitrogens is 3. The molecule has 8 nitrogen and oxygen atoms in total. The first-order valence-electron chi connectivity index (χ1n) is 11.8. The van der Waals surface area contributed by atoms with Crippen LogP contribution < -0.4 is 20.5 Å². The van der Waals surface area contributed by atoms with Crippen molar-refractivity contribution in [3.63, 3.8) is 0 Å². The number of hydrogen-bond acceptors (Lipinski definition) is 7. The van der Waals surface area contributed by atoms with E-state index < -0.39 is 0 Å². The number of nitrogens with one attached hydrogen (secondary N) is 2. The SMILES string of the molecule is O=c1cc(N2CCOCC2)cc(-c2nccc3c2Oc2ccc(NCc4cccc(Cl)n4)cc2C3)[nH]1. The van der Waals surface area contributed by atoms with Gasteiger partial charge < -0.3 is 24.7 Å². The fourth-order valence-electron chi connectivity index (χ4n) is 4.58. The molecule has 1 saturated heterocycles. The summed E-state index contributed by atoms with van der Waals surface area (Å²) in [4.78, 5) is 26.5. The monoisotopic (exact) mass is 501 g/mol. The zero-order valence-corrected chi connectivity index (χ0v) is 20.2. The van der Waals surface area contributed by atoms with E-state index in [1.54, 1.807) is 18.3 Å². The van der Waals surface area contributed by atoms with Crippen LogP contribution in [-0.4, -0.2) is 41.3 Å². The summed E-state index contributed by atoms with van der Waals surface area (Å²) in [6.45, 7) is 3.35. The molecule has 0 bridgehead atoms. The molecule has 0 spiro atoms. The Bertz CT molecular complexity index is 1480. The number of pyridine rings is 3. The van der Waals surface area contributed by atoms with Crippen LogP contribution in [0.4, 0.5) is 11.4 Å². The normalized spacial score (nSPS) is 14.5. The number of fused-ring (bicyclic) bond motifs is 2. The van der Waals surface area contributed by atoms with E-state index in [1.165, 1.54) is 0 Å². The van der Waals surface area contributed by atoms with Gasteiger partial charge in [-0.05, 0) is 42.5 Å². The molecule has 3 aromatic heterocycles. The van der Waals surface area contributed by atoms with Gasteiger partial charge in [-0.15, -0.1) is 0 Å². The molecule has 2 aliphatic rings. The molecule has 4 aromatic rings. The van der Waals surface area contributed by atoms with Gasteiger partial charge in [0.2, 0.25) is 0 Å². The highest BCUT2D eigenvalue weighted by Crippen LogP contribution is 2.42. The van der Waals surface area contributed by atoms with Gasteiger partial charge in [0, 0.05) is 54.3 Å². The molecule has 0 atom stereocenters. The maximum atomic E-state index is 12.5. The minimum Gasteiger partial charge on any atom is -0.454 e. The Balaban J connectivity index is 1.26. The second kappa shape index (κ2) is 9.64. The van der Waals surface area contributed by atoms with E-state index in [-0.39, 0.29) is 5.56 Å². The van der Waals surface area contributed by atoms with Gasteiger partial charge >= 0.3 is 0 Å². The molecule has 0 amide bonds. The van der Waals surface area contributed by atoms with E-state index in [9.17, 15) is 4.79 Å². The molecule has 1 aromatic carbocycles. The summed E-state index contributed by atoms with van der Waals surface area (Å²) in [6.07, 6.45) is 2.45. The summed E-state index contributed by atoms with van der Waals surface area (Å²) in [5.74, 6) is 1.44. The predicted octanol–water partition coefficient (Wildman–Crippen LogP) is 4.63. The Hall–Kier alpha value is -3.88. The lowest BCUT2D eigenvalue weighted by Gasteiger charge is -2.29. The molecule has 2 aliphatic heterocycles. The molecule has 0 unspecified atom stereocenters. The van der Waals surface area contributed by atoms with E-state index >= 15 is 0 Å². The maximum absolute atomic E-state index is 12.5. The number of anilines is 2. The average molecular weight is 502 g/mol. The molecule has 6 rings (SSSR count). The predicted molar refractivity (Wildman–Crippen MR) is 139 cm³/mol. The molecule has 182 valence electrons. The third kappa shape index (κ3) is 4.65. The fourth-order valence-corrected chi connectivity index (χ4v) is 4.76. The minimum atomic E-state index is -0.172. The van der Waals surface area contributed by atoms with Crippen LogP contribution >= 0.6 is 11.6 Å².